The minimum Gasteiger partial charge on any atom is -0.306 e. The molecule has 4 nitrogen and oxygen atoms in total. The Labute approximate surface area is 115 Å². The molecule has 1 N–H and O–H groups in total. The van der Waals surface area contributed by atoms with Gasteiger partial charge < -0.3 is 5.32 Å². The highest BCUT2D eigenvalue weighted by molar-refractivity contribution is 9.10. The molecule has 1 amide bonds. The van der Waals surface area contributed by atoms with Crippen molar-refractivity contribution in [2.24, 2.45) is 0 Å². The number of nitrogens with zero attached hydrogens (tertiary/aromatic N) is 2. The van der Waals surface area contributed by atoms with E-state index in [-0.39, 0.29) is 21.1 Å². The molecule has 2 rings (SSSR count). The lowest BCUT2D eigenvalue weighted by molar-refractivity contribution is 0.102. The topological polar surface area (TPSA) is 54.9 Å². The predicted molar refractivity (Wildman–Crippen MR) is 69.1 cm³/mol. The first-order valence-corrected chi connectivity index (χ1v) is 5.99. The normalized spacial score (nSPS) is 10.2. The number of rotatable bonds is 2. The van der Waals surface area contributed by atoms with Gasteiger partial charge in [-0.1, -0.05) is 6.07 Å². The monoisotopic (exact) mass is 329 g/mol. The molecule has 0 saturated carbocycles. The van der Waals surface area contributed by atoms with Crippen LogP contribution in [-0.2, 0) is 0 Å². The maximum absolute atomic E-state index is 13.7. The first kappa shape index (κ1) is 12.9. The highest BCUT2D eigenvalue weighted by Crippen LogP contribution is 2.19. The second-order valence-electron chi connectivity index (χ2n) is 3.27. The van der Waals surface area contributed by atoms with E-state index in [1.165, 1.54) is 24.4 Å². The minimum absolute atomic E-state index is 0.00233. The van der Waals surface area contributed by atoms with Gasteiger partial charge in [0.15, 0.2) is 0 Å². The number of carbonyl (C=O) groups excluding carboxylic acids is 1. The van der Waals surface area contributed by atoms with Gasteiger partial charge >= 0.3 is 0 Å². The maximum Gasteiger partial charge on any atom is 0.259 e. The molecule has 0 fully saturated rings. The van der Waals surface area contributed by atoms with E-state index in [1.807, 2.05) is 0 Å². The lowest BCUT2D eigenvalue weighted by Gasteiger charge is -2.06. The van der Waals surface area contributed by atoms with Gasteiger partial charge in [-0.2, -0.15) is 0 Å². The summed E-state index contributed by atoms with van der Waals surface area (Å²) < 4.78 is 13.9. The van der Waals surface area contributed by atoms with Crippen molar-refractivity contribution in [2.75, 3.05) is 5.32 Å². The molecule has 0 aliphatic heterocycles. The summed E-state index contributed by atoms with van der Waals surface area (Å²) in [6.45, 7) is 0. The Morgan fingerprint density at radius 1 is 1.39 bits per heavy atom. The average molecular weight is 331 g/mol. The van der Waals surface area contributed by atoms with Crippen LogP contribution < -0.4 is 5.32 Å². The second-order valence-corrected chi connectivity index (χ2v) is 4.46. The second kappa shape index (κ2) is 5.41. The van der Waals surface area contributed by atoms with Gasteiger partial charge in [0.2, 0.25) is 5.28 Å². The van der Waals surface area contributed by atoms with Crippen molar-refractivity contribution in [1.29, 1.82) is 0 Å². The van der Waals surface area contributed by atoms with Crippen LogP contribution in [0.3, 0.4) is 0 Å². The van der Waals surface area contributed by atoms with Gasteiger partial charge in [-0.15, -0.1) is 0 Å². The molecule has 0 spiro atoms. The molecule has 0 atom stereocenters. The average Bonchev–Trinajstić information content (AvgIpc) is 2.32. The molecule has 1 aromatic heterocycles. The van der Waals surface area contributed by atoms with E-state index in [0.29, 0.717) is 0 Å². The van der Waals surface area contributed by atoms with Crippen LogP contribution in [0.2, 0.25) is 5.28 Å². The van der Waals surface area contributed by atoms with Gasteiger partial charge in [0.05, 0.1) is 10.0 Å². The quantitative estimate of drug-likeness (QED) is 0.860. The Morgan fingerprint density at radius 2 is 2.17 bits per heavy atom. The lowest BCUT2D eigenvalue weighted by atomic mass is 10.2. The third-order valence-electron chi connectivity index (χ3n) is 2.06. The molecule has 0 aliphatic carbocycles. The van der Waals surface area contributed by atoms with Crippen molar-refractivity contribution >= 4 is 39.3 Å². The number of hydrogen-bond donors (Lipinski definition) is 1. The maximum atomic E-state index is 13.7. The number of hydrogen-bond acceptors (Lipinski definition) is 3. The van der Waals surface area contributed by atoms with Crippen LogP contribution in [0.1, 0.15) is 10.4 Å². The van der Waals surface area contributed by atoms with Gasteiger partial charge in [0, 0.05) is 6.20 Å². The van der Waals surface area contributed by atoms with E-state index in [4.69, 9.17) is 11.6 Å². The Kier molecular flexibility index (Phi) is 3.88. The van der Waals surface area contributed by atoms with Crippen molar-refractivity contribution in [3.8, 4) is 0 Å². The van der Waals surface area contributed by atoms with Crippen LogP contribution in [-0.4, -0.2) is 15.9 Å². The number of anilines is 1. The van der Waals surface area contributed by atoms with E-state index in [9.17, 15) is 9.18 Å². The first-order chi connectivity index (χ1) is 8.58. The fraction of sp³-hybridized carbons (Fsp3) is 0. The van der Waals surface area contributed by atoms with E-state index in [2.05, 4.69) is 31.2 Å². The van der Waals surface area contributed by atoms with Crippen LogP contribution in [0, 0.1) is 5.82 Å². The number of nitrogens with one attached hydrogen (secondary N) is 1. The van der Waals surface area contributed by atoms with Crippen molar-refractivity contribution in [2.45, 2.75) is 0 Å². The van der Waals surface area contributed by atoms with E-state index < -0.39 is 11.7 Å². The molecule has 18 heavy (non-hydrogen) atoms. The molecule has 0 radical (unpaired) electrons. The zero-order valence-corrected chi connectivity index (χ0v) is 11.2. The van der Waals surface area contributed by atoms with Gasteiger partial charge in [0.25, 0.3) is 5.91 Å². The number of halogens is 3. The summed E-state index contributed by atoms with van der Waals surface area (Å²) in [5, 5.41) is 2.43. The molecule has 92 valence electrons. The van der Waals surface area contributed by atoms with Crippen LogP contribution >= 0.6 is 27.5 Å². The third-order valence-corrected chi connectivity index (χ3v) is 2.86. The standard InChI is InChI=1S/C11H6BrClFN3O/c12-7-3-1-2-6(9(7)14)10(18)16-8-4-5-15-11(13)17-8/h1-5H,(H,15,16,17,18). The molecule has 1 heterocycles. The van der Waals surface area contributed by atoms with Gasteiger partial charge in [0.1, 0.15) is 11.6 Å². The van der Waals surface area contributed by atoms with Crippen LogP contribution in [0.5, 0.6) is 0 Å². The van der Waals surface area contributed by atoms with Gasteiger partial charge in [-0.3, -0.25) is 4.79 Å². The van der Waals surface area contributed by atoms with Crippen LogP contribution in [0.4, 0.5) is 10.2 Å². The number of aromatic nitrogens is 2. The molecule has 0 saturated heterocycles. The largest absolute Gasteiger partial charge is 0.306 e. The zero-order valence-electron chi connectivity index (χ0n) is 8.82. The highest BCUT2D eigenvalue weighted by atomic mass is 79.9. The molecular formula is C11H6BrClFN3O. The minimum atomic E-state index is -0.629. The van der Waals surface area contributed by atoms with Crippen molar-refractivity contribution < 1.29 is 9.18 Å². The Balaban J connectivity index is 2.25. The summed E-state index contributed by atoms with van der Waals surface area (Å²) in [7, 11) is 0. The summed E-state index contributed by atoms with van der Waals surface area (Å²) in [5.74, 6) is -1.03. The Morgan fingerprint density at radius 3 is 2.89 bits per heavy atom. The van der Waals surface area contributed by atoms with E-state index >= 15 is 0 Å². The SMILES string of the molecule is O=C(Nc1ccnc(Cl)n1)c1cccc(Br)c1F. The summed E-state index contributed by atoms with van der Waals surface area (Å²) in [6.07, 6.45) is 1.39. The fourth-order valence-corrected chi connectivity index (χ4v) is 1.78. The van der Waals surface area contributed by atoms with Gasteiger partial charge in [-0.05, 0) is 45.7 Å². The summed E-state index contributed by atoms with van der Waals surface area (Å²) >= 11 is 8.59. The lowest BCUT2D eigenvalue weighted by Crippen LogP contribution is -2.15. The summed E-state index contributed by atoms with van der Waals surface area (Å²) in [5.41, 5.74) is -0.0842. The summed E-state index contributed by atoms with van der Waals surface area (Å²) in [4.78, 5) is 19.3. The van der Waals surface area contributed by atoms with E-state index in [0.717, 1.165) is 0 Å². The number of benzene rings is 1. The van der Waals surface area contributed by atoms with Gasteiger partial charge in [-0.25, -0.2) is 14.4 Å². The van der Waals surface area contributed by atoms with Crippen molar-refractivity contribution in [1.82, 2.24) is 9.97 Å². The predicted octanol–water partition coefficient (Wildman–Crippen LogP) is 3.28. The zero-order chi connectivity index (χ0) is 13.1. The molecule has 0 unspecified atom stereocenters. The number of carbonyl (C=O) groups is 1. The molecule has 0 bridgehead atoms. The van der Waals surface area contributed by atoms with Crippen LogP contribution in [0.25, 0.3) is 0 Å². The Hall–Kier alpha value is -1.53. The van der Waals surface area contributed by atoms with Crippen LogP contribution in [0.15, 0.2) is 34.9 Å². The Bertz CT molecular complexity index is 609. The molecule has 1 aromatic carbocycles. The fourth-order valence-electron chi connectivity index (χ4n) is 1.27. The highest BCUT2D eigenvalue weighted by Gasteiger charge is 2.14. The van der Waals surface area contributed by atoms with E-state index in [1.54, 1.807) is 6.07 Å². The molecule has 0 aliphatic rings. The first-order valence-electron chi connectivity index (χ1n) is 4.82. The molecule has 2 aromatic rings. The third kappa shape index (κ3) is 2.83. The summed E-state index contributed by atoms with van der Waals surface area (Å²) in [6, 6.07) is 5.90. The molecular weight excluding hydrogens is 324 g/mol. The molecule has 7 heteroatoms. The van der Waals surface area contributed by atoms with Crippen molar-refractivity contribution in [3.05, 3.63) is 51.6 Å². The van der Waals surface area contributed by atoms with Crippen molar-refractivity contribution in [3.63, 3.8) is 0 Å². The number of amides is 1. The smallest absolute Gasteiger partial charge is 0.259 e.